The van der Waals surface area contributed by atoms with Gasteiger partial charge in [0.05, 0.1) is 28.3 Å². The van der Waals surface area contributed by atoms with Crippen molar-refractivity contribution < 1.29 is 9.59 Å². The molecule has 4 rings (SSSR count). The van der Waals surface area contributed by atoms with E-state index in [4.69, 9.17) is 0 Å². The molecule has 3 aromatic rings. The van der Waals surface area contributed by atoms with Crippen molar-refractivity contribution in [2.24, 2.45) is 0 Å². The lowest BCUT2D eigenvalue weighted by molar-refractivity contribution is -0.114. The Labute approximate surface area is 231 Å². The molecule has 1 aromatic heterocycles. The van der Waals surface area contributed by atoms with Crippen molar-refractivity contribution in [2.45, 2.75) is 39.0 Å². The molecule has 0 saturated heterocycles. The molecule has 1 aliphatic rings. The van der Waals surface area contributed by atoms with Gasteiger partial charge >= 0.3 is 0 Å². The first kappa shape index (κ1) is 27.2. The zero-order valence-electron chi connectivity index (χ0n) is 21.6. The molecule has 0 bridgehead atoms. The number of carbonyl (C=O) groups excluding carboxylic acids is 2. The maximum atomic E-state index is 13.4. The summed E-state index contributed by atoms with van der Waals surface area (Å²) in [7, 11) is 0. The summed E-state index contributed by atoms with van der Waals surface area (Å²) in [5.41, 5.74) is 5.02. The Morgan fingerprint density at radius 3 is 2.53 bits per heavy atom. The molecule has 2 aromatic carbocycles. The number of anilines is 2. The topological polar surface area (TPSA) is 94.0 Å². The second kappa shape index (κ2) is 12.6. The van der Waals surface area contributed by atoms with Gasteiger partial charge in [0, 0.05) is 22.6 Å². The van der Waals surface area contributed by atoms with E-state index >= 15 is 0 Å². The number of nitriles is 1. The first-order valence-electron chi connectivity index (χ1n) is 12.4. The van der Waals surface area contributed by atoms with Gasteiger partial charge in [-0.1, -0.05) is 62.0 Å². The fraction of sp³-hybridized carbons (Fsp3) is 0.233. The van der Waals surface area contributed by atoms with Crippen LogP contribution in [0.1, 0.15) is 50.2 Å². The Morgan fingerprint density at radius 1 is 1.11 bits per heavy atom. The summed E-state index contributed by atoms with van der Waals surface area (Å²) in [5, 5.41) is 23.9. The van der Waals surface area contributed by atoms with Crippen LogP contribution in [0.5, 0.6) is 0 Å². The first-order chi connectivity index (χ1) is 18.4. The third-order valence-corrected chi connectivity index (χ3v) is 8.24. The second-order valence-corrected chi connectivity index (χ2v) is 10.8. The minimum Gasteiger partial charge on any atom is -0.353 e. The molecule has 1 aliphatic heterocycles. The number of allylic oxidation sites excluding steroid dienone is 2. The van der Waals surface area contributed by atoms with Gasteiger partial charge in [-0.15, -0.1) is 0 Å². The van der Waals surface area contributed by atoms with Crippen LogP contribution in [0.4, 0.5) is 11.4 Å². The van der Waals surface area contributed by atoms with Crippen LogP contribution in [-0.2, 0) is 9.59 Å². The number of carbonyl (C=O) groups is 2. The lowest BCUT2D eigenvalue weighted by Crippen LogP contribution is -2.31. The number of thiophene rings is 1. The summed E-state index contributed by atoms with van der Waals surface area (Å²) in [4.78, 5) is 26.4. The van der Waals surface area contributed by atoms with Gasteiger partial charge in [-0.25, -0.2) is 0 Å². The van der Waals surface area contributed by atoms with Crippen LogP contribution in [0, 0.1) is 11.3 Å². The minimum atomic E-state index is -0.534. The van der Waals surface area contributed by atoms with E-state index in [1.165, 1.54) is 23.1 Å². The van der Waals surface area contributed by atoms with Gasteiger partial charge in [-0.2, -0.15) is 16.6 Å². The van der Waals surface area contributed by atoms with E-state index in [-0.39, 0.29) is 17.6 Å². The van der Waals surface area contributed by atoms with Crippen molar-refractivity contribution in [3.05, 3.63) is 104 Å². The molecule has 2 amide bonds. The van der Waals surface area contributed by atoms with Crippen LogP contribution >= 0.6 is 23.1 Å². The van der Waals surface area contributed by atoms with Crippen molar-refractivity contribution in [3.63, 3.8) is 0 Å². The van der Waals surface area contributed by atoms with E-state index in [1.807, 2.05) is 78.3 Å². The van der Waals surface area contributed by atoms with E-state index in [1.54, 1.807) is 0 Å². The first-order valence-corrected chi connectivity index (χ1v) is 14.4. The third kappa shape index (κ3) is 6.18. The van der Waals surface area contributed by atoms with Gasteiger partial charge in [0.15, 0.2) is 0 Å². The predicted molar refractivity (Wildman–Crippen MR) is 157 cm³/mol. The Bertz CT molecular complexity index is 1410. The molecule has 38 heavy (non-hydrogen) atoms. The van der Waals surface area contributed by atoms with Gasteiger partial charge < -0.3 is 16.0 Å². The van der Waals surface area contributed by atoms with Crippen LogP contribution in [-0.4, -0.2) is 17.6 Å². The molecule has 3 N–H and O–H groups in total. The van der Waals surface area contributed by atoms with Gasteiger partial charge in [0.2, 0.25) is 5.91 Å². The van der Waals surface area contributed by atoms with Crippen molar-refractivity contribution in [1.29, 1.82) is 5.26 Å². The molecule has 194 valence electrons. The van der Waals surface area contributed by atoms with Crippen LogP contribution in [0.3, 0.4) is 0 Å². The molecule has 2 unspecified atom stereocenters. The molecule has 0 aliphatic carbocycles. The number of para-hydroxylation sites is 2. The smallest absolute Gasteiger partial charge is 0.254 e. The van der Waals surface area contributed by atoms with Crippen LogP contribution in [0.15, 0.2) is 93.3 Å². The number of nitrogens with zero attached hydrogens (tertiary/aromatic N) is 1. The number of dihydropyridines is 1. The number of amides is 2. The van der Waals surface area contributed by atoms with E-state index in [2.05, 4.69) is 35.9 Å². The average molecular weight is 543 g/mol. The van der Waals surface area contributed by atoms with Crippen molar-refractivity contribution in [2.75, 3.05) is 16.4 Å². The zero-order valence-corrected chi connectivity index (χ0v) is 23.2. The Morgan fingerprint density at radius 2 is 1.84 bits per heavy atom. The number of benzene rings is 2. The van der Waals surface area contributed by atoms with Gasteiger partial charge in [0.25, 0.3) is 5.91 Å². The van der Waals surface area contributed by atoms with Crippen LogP contribution in [0.25, 0.3) is 0 Å². The summed E-state index contributed by atoms with van der Waals surface area (Å²) in [5.74, 6) is -0.510. The molecule has 8 heteroatoms. The van der Waals surface area contributed by atoms with E-state index in [9.17, 15) is 14.9 Å². The quantitative estimate of drug-likeness (QED) is 0.272. The maximum absolute atomic E-state index is 13.4. The largest absolute Gasteiger partial charge is 0.353 e. The second-order valence-electron chi connectivity index (χ2n) is 9.06. The Kier molecular flexibility index (Phi) is 9.06. The fourth-order valence-electron chi connectivity index (χ4n) is 4.40. The SMILES string of the molecule is CCC(C)c1ccccc1NC(=O)CSC1=C(C#N)C(c2ccsc2)C(C(=O)Nc2ccccc2)=C(C)N1. The third-order valence-electron chi connectivity index (χ3n) is 6.53. The number of nitrogens with one attached hydrogen (secondary N) is 3. The highest BCUT2D eigenvalue weighted by atomic mass is 32.2. The monoisotopic (exact) mass is 542 g/mol. The number of hydrogen-bond acceptors (Lipinski definition) is 6. The van der Waals surface area contributed by atoms with Crippen LogP contribution < -0.4 is 16.0 Å². The minimum absolute atomic E-state index is 0.123. The number of rotatable bonds is 9. The van der Waals surface area contributed by atoms with Crippen molar-refractivity contribution in [3.8, 4) is 6.07 Å². The lowest BCUT2D eigenvalue weighted by atomic mass is 9.83. The molecular formula is C30H30N4O2S2. The molecule has 0 spiro atoms. The van der Waals surface area contributed by atoms with E-state index in [0.717, 1.165) is 23.2 Å². The summed E-state index contributed by atoms with van der Waals surface area (Å²) in [6, 6.07) is 21.3. The molecule has 0 fully saturated rings. The summed E-state index contributed by atoms with van der Waals surface area (Å²) in [6.07, 6.45) is 0.972. The number of hydrogen-bond donors (Lipinski definition) is 3. The highest BCUT2D eigenvalue weighted by Crippen LogP contribution is 2.41. The predicted octanol–water partition coefficient (Wildman–Crippen LogP) is 6.97. The molecule has 2 heterocycles. The average Bonchev–Trinajstić information content (AvgIpc) is 3.46. The molecule has 0 radical (unpaired) electrons. The molecular weight excluding hydrogens is 512 g/mol. The molecule has 0 saturated carbocycles. The summed E-state index contributed by atoms with van der Waals surface area (Å²) in [6.45, 7) is 6.09. The van der Waals surface area contributed by atoms with Gasteiger partial charge in [0.1, 0.15) is 0 Å². The number of thioether (sulfide) groups is 1. The van der Waals surface area contributed by atoms with Crippen LogP contribution in [0.2, 0.25) is 0 Å². The molecule has 2 atom stereocenters. The summed E-state index contributed by atoms with van der Waals surface area (Å²) < 4.78 is 0. The standard InChI is InChI=1S/C30H30N4O2S2/c1-4-19(2)23-12-8-9-13-25(23)34-26(35)18-38-30-24(16-31)28(21-14-15-37-17-21)27(20(3)32-30)29(36)33-22-10-6-5-7-11-22/h5-15,17,19,28,32H,4,18H2,1-3H3,(H,33,36)(H,34,35). The zero-order chi connectivity index (χ0) is 27.1. The highest BCUT2D eigenvalue weighted by Gasteiger charge is 2.35. The lowest BCUT2D eigenvalue weighted by Gasteiger charge is -2.29. The molecule has 6 nitrogen and oxygen atoms in total. The highest BCUT2D eigenvalue weighted by molar-refractivity contribution is 8.03. The van der Waals surface area contributed by atoms with Gasteiger partial charge in [-0.05, 0) is 65.4 Å². The normalized spacial score (nSPS) is 15.9. The Hall–Kier alpha value is -3.80. The Balaban J connectivity index is 1.56. The fourth-order valence-corrected chi connectivity index (χ4v) is 5.98. The summed E-state index contributed by atoms with van der Waals surface area (Å²) >= 11 is 2.78. The van der Waals surface area contributed by atoms with E-state index < -0.39 is 5.92 Å². The van der Waals surface area contributed by atoms with Crippen molar-refractivity contribution >= 4 is 46.3 Å². The van der Waals surface area contributed by atoms with Gasteiger partial charge in [-0.3, -0.25) is 9.59 Å². The van der Waals surface area contributed by atoms with Crippen molar-refractivity contribution in [1.82, 2.24) is 5.32 Å². The maximum Gasteiger partial charge on any atom is 0.254 e. The van der Waals surface area contributed by atoms with E-state index in [0.29, 0.717) is 33.5 Å².